The van der Waals surface area contributed by atoms with Crippen molar-refractivity contribution in [2.45, 2.75) is 134 Å². The van der Waals surface area contributed by atoms with Gasteiger partial charge in [-0.3, -0.25) is 14.5 Å². The molecule has 319 valence electrons. The third-order valence-electron chi connectivity index (χ3n) is 11.8. The van der Waals surface area contributed by atoms with Gasteiger partial charge in [-0.15, -0.1) is 10.3 Å². The molecule has 4 aromatic rings. The quantitative estimate of drug-likeness (QED) is 0.0828. The van der Waals surface area contributed by atoms with Crippen LogP contribution in [0.15, 0.2) is 75.3 Å². The maximum absolute atomic E-state index is 14.6. The zero-order valence-electron chi connectivity index (χ0n) is 35.5. The molecular formula is C45H54N5O9S. The fraction of sp³-hybridized carbons (Fsp3) is 0.489. The van der Waals surface area contributed by atoms with Crippen molar-refractivity contribution in [3.63, 3.8) is 0 Å². The van der Waals surface area contributed by atoms with Crippen LogP contribution in [-0.2, 0) is 57.8 Å². The van der Waals surface area contributed by atoms with Crippen LogP contribution in [0, 0.1) is 12.8 Å². The van der Waals surface area contributed by atoms with E-state index in [2.05, 4.69) is 4.72 Å². The van der Waals surface area contributed by atoms with Gasteiger partial charge in [-0.2, -0.15) is 0 Å². The van der Waals surface area contributed by atoms with Crippen LogP contribution >= 0.6 is 0 Å². The number of carbonyl (C=O) groups excluding carboxylic acids is 2. The second-order valence-corrected chi connectivity index (χ2v) is 19.6. The van der Waals surface area contributed by atoms with E-state index in [0.29, 0.717) is 24.2 Å². The highest BCUT2D eigenvalue weighted by Crippen LogP contribution is 2.42. The molecule has 14 nitrogen and oxygen atoms in total. The van der Waals surface area contributed by atoms with Gasteiger partial charge in [0.15, 0.2) is 0 Å². The molecule has 0 saturated carbocycles. The highest BCUT2D eigenvalue weighted by molar-refractivity contribution is 7.90. The van der Waals surface area contributed by atoms with E-state index in [9.17, 15) is 28.0 Å². The first-order chi connectivity index (χ1) is 28.2. The van der Waals surface area contributed by atoms with Crippen molar-refractivity contribution in [1.82, 2.24) is 19.3 Å². The molecule has 3 aliphatic heterocycles. The van der Waals surface area contributed by atoms with Crippen LogP contribution < -0.4 is 10.3 Å². The number of carbonyl (C=O) groups is 2. The second kappa shape index (κ2) is 16.1. The number of hydrogen-bond acceptors (Lipinski definition) is 11. The average molecular weight is 841 g/mol. The Labute approximate surface area is 351 Å². The number of sulfonamides is 1. The van der Waals surface area contributed by atoms with Crippen LogP contribution in [-0.4, -0.2) is 70.6 Å². The lowest BCUT2D eigenvalue weighted by molar-refractivity contribution is -0.301. The van der Waals surface area contributed by atoms with Gasteiger partial charge in [0.05, 0.1) is 46.6 Å². The molecule has 1 N–H and O–H groups in total. The molecule has 7 rings (SSSR count). The van der Waals surface area contributed by atoms with Crippen LogP contribution in [0.3, 0.4) is 0 Å². The van der Waals surface area contributed by atoms with E-state index in [1.807, 2.05) is 78.8 Å². The van der Waals surface area contributed by atoms with Gasteiger partial charge < -0.3 is 18.8 Å². The molecule has 60 heavy (non-hydrogen) atoms. The number of amidine groups is 1. The Bertz CT molecular complexity index is 2510. The maximum atomic E-state index is 14.6. The molecule has 2 aromatic heterocycles. The van der Waals surface area contributed by atoms with Crippen molar-refractivity contribution in [3.05, 3.63) is 93.3 Å². The van der Waals surface area contributed by atoms with Gasteiger partial charge in [-0.25, -0.2) is 23.0 Å². The van der Waals surface area contributed by atoms with Crippen molar-refractivity contribution >= 4 is 38.7 Å². The second-order valence-electron chi connectivity index (χ2n) is 17.9. The summed E-state index contributed by atoms with van der Waals surface area (Å²) in [6.45, 7) is 14.8. The number of ether oxygens (including phenoxy) is 3. The number of cyclic esters (lactones) is 1. The summed E-state index contributed by atoms with van der Waals surface area (Å²) in [6, 6.07) is 16.4. The van der Waals surface area contributed by atoms with Crippen LogP contribution in [0.2, 0.25) is 0 Å². The van der Waals surface area contributed by atoms with Crippen LogP contribution in [0.5, 0.6) is 0 Å². The Kier molecular flexibility index (Phi) is 11.6. The maximum Gasteiger partial charge on any atom is 0.355 e. The zero-order chi connectivity index (χ0) is 43.4. The number of pyridine rings is 2. The number of esters is 2. The van der Waals surface area contributed by atoms with E-state index in [4.69, 9.17) is 24.2 Å². The molecule has 5 heterocycles. The molecule has 0 aliphatic carbocycles. The number of aliphatic imine (C=N–C) groups is 1. The molecule has 0 bridgehead atoms. The summed E-state index contributed by atoms with van der Waals surface area (Å²) >= 11 is 0. The number of rotatable bonds is 12. The number of hydrogen-bond donors (Lipinski definition) is 1. The minimum atomic E-state index is -4.17. The van der Waals surface area contributed by atoms with Gasteiger partial charge in [-0.1, -0.05) is 56.7 Å². The molecule has 15 heteroatoms. The standard InChI is InChI=1S/C45H54N5O9S/c1-9-45(34-22-37-39-30(21-29-12-10-11-13-35(29)47-39)25-49(37)40(51)33(34)26-58-42(45)53)59-41(52)36(20-27(2)3)46-38(48-60(55,56)32-16-14-28(4)15-17-32)18-19-57-31-23-43(5,6)50(54)44(7,8)24-31/h10-17,21-22,27,31,36H,9,18-20,23-26H2,1-8H3,(H,46,48)/t36-,45+/m1/s1. The SMILES string of the molecule is CC[C@@]1(OC(=O)[C@@H](CC(C)C)N=C(CCOC2CC(C)(C)N([O])C(C)(C)C2)NS(=O)(=O)c2ccc(C)cc2)C(=O)OCc2c1cc1n(c2=O)Cc2cc3ccccc3nc2-1. The molecule has 3 aliphatic rings. The van der Waals surface area contributed by atoms with Gasteiger partial charge >= 0.3 is 11.9 Å². The number of aryl methyl sites for hydroxylation is 1. The lowest BCUT2D eigenvalue weighted by Crippen LogP contribution is -2.59. The van der Waals surface area contributed by atoms with Crippen molar-refractivity contribution < 1.29 is 37.4 Å². The number of benzene rings is 2. The molecule has 1 fully saturated rings. The lowest BCUT2D eigenvalue weighted by atomic mass is 9.80. The first-order valence-corrected chi connectivity index (χ1v) is 22.0. The van der Waals surface area contributed by atoms with Gasteiger partial charge in [0.2, 0.25) is 5.60 Å². The van der Waals surface area contributed by atoms with Gasteiger partial charge in [0, 0.05) is 34.0 Å². The van der Waals surface area contributed by atoms with E-state index in [1.165, 1.54) is 12.1 Å². The summed E-state index contributed by atoms with van der Waals surface area (Å²) in [4.78, 5) is 52.2. The molecule has 1 radical (unpaired) electrons. The van der Waals surface area contributed by atoms with Crippen LogP contribution in [0.25, 0.3) is 22.3 Å². The first kappa shape index (κ1) is 43.1. The third kappa shape index (κ3) is 8.24. The van der Waals surface area contributed by atoms with E-state index >= 15 is 0 Å². The van der Waals surface area contributed by atoms with E-state index in [-0.39, 0.29) is 78.5 Å². The highest BCUT2D eigenvalue weighted by Gasteiger charge is 2.51. The predicted molar refractivity (Wildman–Crippen MR) is 225 cm³/mol. The largest absolute Gasteiger partial charge is 0.457 e. The Hall–Kier alpha value is -4.96. The van der Waals surface area contributed by atoms with Gasteiger partial charge in [0.25, 0.3) is 15.6 Å². The Morgan fingerprint density at radius 1 is 1.03 bits per heavy atom. The van der Waals surface area contributed by atoms with Crippen molar-refractivity contribution in [2.24, 2.45) is 10.9 Å². The third-order valence-corrected chi connectivity index (χ3v) is 13.2. The first-order valence-electron chi connectivity index (χ1n) is 20.6. The summed E-state index contributed by atoms with van der Waals surface area (Å²) in [5.74, 6) is -1.87. The molecule has 2 aromatic carbocycles. The zero-order valence-corrected chi connectivity index (χ0v) is 36.4. The number of piperidine rings is 1. The fourth-order valence-corrected chi connectivity index (χ4v) is 9.92. The monoisotopic (exact) mass is 840 g/mol. The normalized spacial score (nSPS) is 20.6. The van der Waals surface area contributed by atoms with E-state index < -0.39 is 44.7 Å². The van der Waals surface area contributed by atoms with E-state index in [1.54, 1.807) is 29.7 Å². The Morgan fingerprint density at radius 2 is 1.72 bits per heavy atom. The number of aromatic nitrogens is 2. The van der Waals surface area contributed by atoms with Crippen molar-refractivity contribution in [2.75, 3.05) is 6.61 Å². The lowest BCUT2D eigenvalue weighted by Gasteiger charge is -2.49. The van der Waals surface area contributed by atoms with Crippen molar-refractivity contribution in [3.8, 4) is 11.4 Å². The molecule has 2 atom stereocenters. The van der Waals surface area contributed by atoms with Crippen LogP contribution in [0.1, 0.15) is 103 Å². The fourth-order valence-electron chi connectivity index (χ4n) is 8.84. The smallest absolute Gasteiger partial charge is 0.355 e. The Morgan fingerprint density at radius 3 is 2.38 bits per heavy atom. The number of hydroxylamine groups is 2. The minimum absolute atomic E-state index is 0.00500. The number of fused-ring (bicyclic) bond motifs is 5. The Balaban J connectivity index is 1.23. The number of nitrogens with one attached hydrogen (secondary N) is 1. The molecule has 0 unspecified atom stereocenters. The van der Waals surface area contributed by atoms with Gasteiger partial charge in [-0.05, 0) is 96.6 Å². The topological polar surface area (TPSA) is 178 Å². The number of para-hydroxylation sites is 1. The van der Waals surface area contributed by atoms with E-state index in [0.717, 1.165) is 27.1 Å². The summed E-state index contributed by atoms with van der Waals surface area (Å²) in [5, 5.41) is 15.0. The summed E-state index contributed by atoms with van der Waals surface area (Å²) in [6.07, 6.45) is 0.688. The highest BCUT2D eigenvalue weighted by atomic mass is 32.2. The molecule has 0 amide bonds. The molecular weight excluding hydrogens is 787 g/mol. The van der Waals surface area contributed by atoms with Crippen molar-refractivity contribution in [1.29, 1.82) is 0 Å². The molecule has 0 spiro atoms. The predicted octanol–water partition coefficient (Wildman–Crippen LogP) is 6.50. The summed E-state index contributed by atoms with van der Waals surface area (Å²) in [7, 11) is -4.17. The van der Waals surface area contributed by atoms with Crippen LogP contribution in [0.4, 0.5) is 0 Å². The summed E-state index contributed by atoms with van der Waals surface area (Å²) in [5.41, 5.74) is 0.262. The van der Waals surface area contributed by atoms with Gasteiger partial charge in [0.1, 0.15) is 18.5 Å². The molecule has 1 saturated heterocycles. The summed E-state index contributed by atoms with van der Waals surface area (Å²) < 4.78 is 49.9. The average Bonchev–Trinajstić information content (AvgIpc) is 3.54. The minimum Gasteiger partial charge on any atom is -0.457 e. The number of nitrogens with zero attached hydrogens (tertiary/aromatic N) is 4.